The summed E-state index contributed by atoms with van der Waals surface area (Å²) in [7, 11) is -1.29. The number of benzene rings is 1. The van der Waals surface area contributed by atoms with Crippen molar-refractivity contribution in [1.82, 2.24) is 0 Å². The summed E-state index contributed by atoms with van der Waals surface area (Å²) in [5.74, 6) is 0.310. The Morgan fingerprint density at radius 3 is 1.52 bits per heavy atom. The minimum atomic E-state index is -1.29. The number of unbranched alkanes of at least 4 members (excludes halogenated alkanes) is 6. The van der Waals surface area contributed by atoms with Crippen LogP contribution in [0.25, 0.3) is 0 Å². The van der Waals surface area contributed by atoms with E-state index in [9.17, 15) is 5.11 Å². The maximum Gasteiger partial charge on any atom is 0.0861 e. The summed E-state index contributed by atoms with van der Waals surface area (Å²) >= 11 is 0. The molecule has 132 valence electrons. The van der Waals surface area contributed by atoms with E-state index in [2.05, 4.69) is 32.9 Å². The fraction of sp³-hybridized carbons (Fsp3) is 0.714. The van der Waals surface area contributed by atoms with Crippen molar-refractivity contribution in [2.24, 2.45) is 0 Å². The van der Waals surface area contributed by atoms with Crippen molar-refractivity contribution >= 4 is 12.6 Å². The first-order valence-electron chi connectivity index (χ1n) is 9.83. The fourth-order valence-electron chi connectivity index (χ4n) is 3.54. The Morgan fingerprint density at radius 2 is 1.13 bits per heavy atom. The Bertz CT molecular complexity index is 390. The van der Waals surface area contributed by atoms with Gasteiger partial charge >= 0.3 is 0 Å². The molecule has 0 unspecified atom stereocenters. The molecular formula is C21H37OP. The average Bonchev–Trinajstić information content (AvgIpc) is 2.55. The molecule has 0 heterocycles. The number of hydrogen-bond donors (Lipinski definition) is 0. The lowest BCUT2D eigenvalue weighted by Gasteiger charge is -2.31. The molecule has 0 aromatic heterocycles. The molecule has 0 aliphatic rings. The van der Waals surface area contributed by atoms with Crippen LogP contribution in [0.5, 0.6) is 5.75 Å². The maximum atomic E-state index is 12.6. The molecule has 1 aromatic rings. The lowest BCUT2D eigenvalue weighted by molar-refractivity contribution is -0.266. The third kappa shape index (κ3) is 6.84. The minimum Gasteiger partial charge on any atom is -0.870 e. The summed E-state index contributed by atoms with van der Waals surface area (Å²) in [4.78, 5) is 0. The molecule has 0 saturated heterocycles. The molecule has 0 aliphatic heterocycles. The van der Waals surface area contributed by atoms with Crippen LogP contribution < -0.4 is 10.4 Å². The third-order valence-corrected chi connectivity index (χ3v) is 9.85. The van der Waals surface area contributed by atoms with E-state index in [0.717, 1.165) is 0 Å². The van der Waals surface area contributed by atoms with E-state index in [4.69, 9.17) is 0 Å². The SMILES string of the molecule is CCCCC[P+](CCCCC)(CCCCC)c1ccccc1[O-]. The van der Waals surface area contributed by atoms with E-state index in [0.29, 0.717) is 5.75 Å². The van der Waals surface area contributed by atoms with Crippen molar-refractivity contribution in [2.75, 3.05) is 18.5 Å². The molecule has 1 aromatic carbocycles. The van der Waals surface area contributed by atoms with Crippen LogP contribution in [-0.4, -0.2) is 18.5 Å². The summed E-state index contributed by atoms with van der Waals surface area (Å²) < 4.78 is 0. The smallest absolute Gasteiger partial charge is 0.0861 e. The van der Waals surface area contributed by atoms with Gasteiger partial charge in [-0.05, 0) is 25.3 Å². The van der Waals surface area contributed by atoms with Gasteiger partial charge in [0, 0.05) is 7.26 Å². The highest BCUT2D eigenvalue weighted by molar-refractivity contribution is 7.83. The maximum absolute atomic E-state index is 12.6. The Morgan fingerprint density at radius 1 is 0.696 bits per heavy atom. The molecule has 0 radical (unpaired) electrons. The lowest BCUT2D eigenvalue weighted by Crippen LogP contribution is -2.24. The number of hydrogen-bond acceptors (Lipinski definition) is 1. The van der Waals surface area contributed by atoms with Crippen LogP contribution in [0.15, 0.2) is 24.3 Å². The standard InChI is InChI=1S/C21H37OP/c1-4-7-12-17-23(18-13-8-5-2,19-14-9-6-3)21-16-11-10-15-20(21)22/h10-11,15-16H,4-9,12-14,17-19H2,1-3H3. The molecular weight excluding hydrogens is 299 g/mol. The summed E-state index contributed by atoms with van der Waals surface area (Å²) in [6.45, 7) is 6.82. The predicted molar refractivity (Wildman–Crippen MR) is 106 cm³/mol. The first kappa shape index (κ1) is 20.5. The molecule has 0 bridgehead atoms. The Hall–Kier alpha value is -0.550. The van der Waals surface area contributed by atoms with Crippen LogP contribution in [0.3, 0.4) is 0 Å². The van der Waals surface area contributed by atoms with E-state index in [1.54, 1.807) is 6.07 Å². The van der Waals surface area contributed by atoms with Crippen LogP contribution >= 0.6 is 7.26 Å². The lowest BCUT2D eigenvalue weighted by atomic mass is 10.3. The van der Waals surface area contributed by atoms with Gasteiger partial charge in [0.1, 0.15) is 0 Å². The third-order valence-electron chi connectivity index (χ3n) is 4.95. The van der Waals surface area contributed by atoms with Gasteiger partial charge in [-0.2, -0.15) is 0 Å². The van der Waals surface area contributed by atoms with E-state index >= 15 is 0 Å². The van der Waals surface area contributed by atoms with Gasteiger partial charge in [0.15, 0.2) is 0 Å². The molecule has 0 amide bonds. The van der Waals surface area contributed by atoms with Gasteiger partial charge in [-0.15, -0.1) is 0 Å². The van der Waals surface area contributed by atoms with E-state index in [1.807, 2.05) is 6.07 Å². The Balaban J connectivity index is 3.01. The van der Waals surface area contributed by atoms with Crippen molar-refractivity contribution in [3.8, 4) is 5.75 Å². The molecule has 1 rings (SSSR count). The van der Waals surface area contributed by atoms with Crippen LogP contribution in [0.4, 0.5) is 0 Å². The van der Waals surface area contributed by atoms with E-state index < -0.39 is 7.26 Å². The summed E-state index contributed by atoms with van der Waals surface area (Å²) in [6.07, 6.45) is 15.5. The van der Waals surface area contributed by atoms with Crippen LogP contribution in [-0.2, 0) is 0 Å². The van der Waals surface area contributed by atoms with Crippen molar-refractivity contribution in [3.63, 3.8) is 0 Å². The summed E-state index contributed by atoms with van der Waals surface area (Å²) in [5, 5.41) is 13.8. The quantitative estimate of drug-likeness (QED) is 0.321. The average molecular weight is 336 g/mol. The number of para-hydroxylation sites is 1. The van der Waals surface area contributed by atoms with Gasteiger partial charge in [-0.3, -0.25) is 0 Å². The molecule has 1 nitrogen and oxygen atoms in total. The highest BCUT2D eigenvalue weighted by atomic mass is 31.2. The van der Waals surface area contributed by atoms with Crippen LogP contribution in [0, 0.1) is 0 Å². The zero-order valence-corrected chi connectivity index (χ0v) is 16.5. The Labute approximate surface area is 145 Å². The second kappa shape index (κ2) is 11.9. The van der Waals surface area contributed by atoms with E-state index in [-0.39, 0.29) is 0 Å². The van der Waals surface area contributed by atoms with E-state index in [1.165, 1.54) is 81.6 Å². The summed E-state index contributed by atoms with van der Waals surface area (Å²) in [6, 6.07) is 7.96. The number of rotatable bonds is 13. The minimum absolute atomic E-state index is 0.310. The molecule has 0 aliphatic carbocycles. The zero-order valence-electron chi connectivity index (χ0n) is 15.7. The second-order valence-electron chi connectivity index (χ2n) is 6.91. The zero-order chi connectivity index (χ0) is 17.0. The first-order valence-corrected chi connectivity index (χ1v) is 12.2. The molecule has 2 heteroatoms. The first-order chi connectivity index (χ1) is 11.2. The molecule has 0 atom stereocenters. The molecule has 23 heavy (non-hydrogen) atoms. The van der Waals surface area contributed by atoms with Gasteiger partial charge < -0.3 is 5.11 Å². The monoisotopic (exact) mass is 336 g/mol. The molecule has 0 fully saturated rings. The Kier molecular flexibility index (Phi) is 10.6. The van der Waals surface area contributed by atoms with Gasteiger partial charge in [0.2, 0.25) is 0 Å². The molecule has 0 spiro atoms. The van der Waals surface area contributed by atoms with Crippen molar-refractivity contribution < 1.29 is 5.11 Å². The van der Waals surface area contributed by atoms with Gasteiger partial charge in [0.25, 0.3) is 0 Å². The fourth-order valence-corrected chi connectivity index (χ4v) is 8.36. The molecule has 0 saturated carbocycles. The second-order valence-corrected chi connectivity index (χ2v) is 11.0. The van der Waals surface area contributed by atoms with Crippen molar-refractivity contribution in [2.45, 2.75) is 78.6 Å². The largest absolute Gasteiger partial charge is 0.870 e. The van der Waals surface area contributed by atoms with Gasteiger partial charge in [-0.1, -0.05) is 83.2 Å². The van der Waals surface area contributed by atoms with Crippen LogP contribution in [0.2, 0.25) is 0 Å². The van der Waals surface area contributed by atoms with Crippen molar-refractivity contribution in [1.29, 1.82) is 0 Å². The van der Waals surface area contributed by atoms with Crippen LogP contribution in [0.1, 0.15) is 78.6 Å². The molecule has 0 N–H and O–H groups in total. The van der Waals surface area contributed by atoms with Gasteiger partial charge in [-0.25, -0.2) is 0 Å². The highest BCUT2D eigenvalue weighted by Crippen LogP contribution is 2.60. The highest BCUT2D eigenvalue weighted by Gasteiger charge is 2.38. The normalized spacial score (nSPS) is 11.8. The topological polar surface area (TPSA) is 23.1 Å². The summed E-state index contributed by atoms with van der Waals surface area (Å²) in [5.41, 5.74) is 0. The predicted octanol–water partition coefficient (Wildman–Crippen LogP) is 5.97. The van der Waals surface area contributed by atoms with Gasteiger partial charge in [0.05, 0.1) is 23.8 Å². The van der Waals surface area contributed by atoms with Crippen molar-refractivity contribution in [3.05, 3.63) is 24.3 Å².